The van der Waals surface area contributed by atoms with Crippen LogP contribution in [-0.2, 0) is 14.3 Å². The first kappa shape index (κ1) is 13.8. The molecule has 2 atom stereocenters. The topological polar surface area (TPSA) is 59.6 Å². The molecular weight excluding hydrogens is 232 g/mol. The standard InChI is InChI=1S/C13H24N2O3/c1-13(2)17-9-11(18-13)8-15-12(16)4-3-10-5-6-14-7-10/h10-11,14H,3-9H2,1-2H3,(H,15,16). The summed E-state index contributed by atoms with van der Waals surface area (Å²) in [5.41, 5.74) is 0. The molecular formula is C13H24N2O3. The monoisotopic (exact) mass is 256 g/mol. The molecule has 2 aliphatic rings. The molecule has 0 saturated carbocycles. The molecule has 0 spiro atoms. The minimum absolute atomic E-state index is 0.0166. The van der Waals surface area contributed by atoms with Crippen LogP contribution in [0, 0.1) is 5.92 Å². The van der Waals surface area contributed by atoms with Crippen LogP contribution in [0.3, 0.4) is 0 Å². The van der Waals surface area contributed by atoms with Crippen LogP contribution in [0.4, 0.5) is 0 Å². The molecule has 5 nitrogen and oxygen atoms in total. The van der Waals surface area contributed by atoms with Crippen LogP contribution in [0.25, 0.3) is 0 Å². The van der Waals surface area contributed by atoms with E-state index >= 15 is 0 Å². The fourth-order valence-corrected chi connectivity index (χ4v) is 2.48. The van der Waals surface area contributed by atoms with Gasteiger partial charge in [0.25, 0.3) is 0 Å². The van der Waals surface area contributed by atoms with E-state index in [0.717, 1.165) is 19.5 Å². The van der Waals surface area contributed by atoms with Crippen LogP contribution in [0.2, 0.25) is 0 Å². The number of hydrogen-bond acceptors (Lipinski definition) is 4. The molecule has 2 heterocycles. The minimum Gasteiger partial charge on any atom is -0.353 e. The summed E-state index contributed by atoms with van der Waals surface area (Å²) in [5, 5.41) is 6.24. The van der Waals surface area contributed by atoms with Crippen molar-refractivity contribution in [1.82, 2.24) is 10.6 Å². The molecule has 5 heteroatoms. The summed E-state index contributed by atoms with van der Waals surface area (Å²) >= 11 is 0. The average molecular weight is 256 g/mol. The van der Waals surface area contributed by atoms with Gasteiger partial charge in [0.1, 0.15) is 6.10 Å². The highest BCUT2D eigenvalue weighted by Gasteiger charge is 2.32. The zero-order valence-electron chi connectivity index (χ0n) is 11.3. The highest BCUT2D eigenvalue weighted by atomic mass is 16.7. The molecule has 2 saturated heterocycles. The smallest absolute Gasteiger partial charge is 0.220 e. The summed E-state index contributed by atoms with van der Waals surface area (Å²) in [5.74, 6) is 0.279. The molecule has 2 aliphatic heterocycles. The Hall–Kier alpha value is -0.650. The largest absolute Gasteiger partial charge is 0.353 e. The van der Waals surface area contributed by atoms with E-state index in [1.165, 1.54) is 6.42 Å². The van der Waals surface area contributed by atoms with Gasteiger partial charge in [-0.25, -0.2) is 0 Å². The molecule has 2 rings (SSSR count). The molecule has 2 N–H and O–H groups in total. The van der Waals surface area contributed by atoms with E-state index in [0.29, 0.717) is 25.5 Å². The van der Waals surface area contributed by atoms with Gasteiger partial charge in [-0.1, -0.05) is 0 Å². The maximum atomic E-state index is 11.7. The van der Waals surface area contributed by atoms with E-state index in [1.54, 1.807) is 0 Å². The van der Waals surface area contributed by atoms with Gasteiger partial charge in [0, 0.05) is 13.0 Å². The first-order valence-corrected chi connectivity index (χ1v) is 6.84. The second-order valence-electron chi connectivity index (χ2n) is 5.65. The normalized spacial score (nSPS) is 30.6. The van der Waals surface area contributed by atoms with E-state index in [-0.39, 0.29) is 12.0 Å². The minimum atomic E-state index is -0.509. The quantitative estimate of drug-likeness (QED) is 0.758. The van der Waals surface area contributed by atoms with Crippen LogP contribution in [0.1, 0.15) is 33.1 Å². The summed E-state index contributed by atoms with van der Waals surface area (Å²) in [6.07, 6.45) is 2.77. The van der Waals surface area contributed by atoms with Gasteiger partial charge >= 0.3 is 0 Å². The summed E-state index contributed by atoms with van der Waals surface area (Å²) < 4.78 is 11.1. The molecule has 0 radical (unpaired) electrons. The zero-order valence-corrected chi connectivity index (χ0v) is 11.3. The fraction of sp³-hybridized carbons (Fsp3) is 0.923. The number of rotatable bonds is 5. The van der Waals surface area contributed by atoms with Crippen LogP contribution < -0.4 is 10.6 Å². The van der Waals surface area contributed by atoms with Crippen LogP contribution in [0.5, 0.6) is 0 Å². The maximum Gasteiger partial charge on any atom is 0.220 e. The van der Waals surface area contributed by atoms with Crippen LogP contribution in [-0.4, -0.2) is 44.0 Å². The molecule has 0 bridgehead atoms. The molecule has 2 unspecified atom stereocenters. The molecule has 2 fully saturated rings. The van der Waals surface area contributed by atoms with Crippen molar-refractivity contribution < 1.29 is 14.3 Å². The van der Waals surface area contributed by atoms with Crippen molar-refractivity contribution >= 4 is 5.91 Å². The van der Waals surface area contributed by atoms with Crippen molar-refractivity contribution in [1.29, 1.82) is 0 Å². The molecule has 0 aromatic carbocycles. The third-order valence-electron chi connectivity index (χ3n) is 3.54. The third-order valence-corrected chi connectivity index (χ3v) is 3.54. The van der Waals surface area contributed by atoms with Gasteiger partial charge in [-0.2, -0.15) is 0 Å². The van der Waals surface area contributed by atoms with E-state index in [9.17, 15) is 4.79 Å². The number of carbonyl (C=O) groups excluding carboxylic acids is 1. The molecule has 0 aromatic rings. The Balaban J connectivity index is 1.57. The summed E-state index contributed by atoms with van der Waals surface area (Å²) in [7, 11) is 0. The summed E-state index contributed by atoms with van der Waals surface area (Å²) in [6, 6.07) is 0. The molecule has 104 valence electrons. The Bertz CT molecular complexity index is 288. The summed E-state index contributed by atoms with van der Waals surface area (Å²) in [4.78, 5) is 11.7. The Morgan fingerprint density at radius 2 is 2.33 bits per heavy atom. The van der Waals surface area contributed by atoms with Gasteiger partial charge in [0.2, 0.25) is 5.91 Å². The maximum absolute atomic E-state index is 11.7. The molecule has 0 aromatic heterocycles. The number of carbonyl (C=O) groups is 1. The number of hydrogen-bond donors (Lipinski definition) is 2. The predicted molar refractivity (Wildman–Crippen MR) is 68.1 cm³/mol. The zero-order chi connectivity index (χ0) is 13.0. The second-order valence-corrected chi connectivity index (χ2v) is 5.65. The Morgan fingerprint density at radius 3 is 2.94 bits per heavy atom. The van der Waals surface area contributed by atoms with Crippen molar-refractivity contribution in [3.05, 3.63) is 0 Å². The Labute approximate surface area is 109 Å². The fourth-order valence-electron chi connectivity index (χ4n) is 2.48. The van der Waals surface area contributed by atoms with Gasteiger partial charge < -0.3 is 20.1 Å². The first-order chi connectivity index (χ1) is 8.55. The molecule has 0 aliphatic carbocycles. The number of amides is 1. The van der Waals surface area contributed by atoms with Gasteiger partial charge in [-0.15, -0.1) is 0 Å². The van der Waals surface area contributed by atoms with Gasteiger partial charge in [0.05, 0.1) is 6.61 Å². The Morgan fingerprint density at radius 1 is 1.50 bits per heavy atom. The lowest BCUT2D eigenvalue weighted by Gasteiger charge is -2.17. The van der Waals surface area contributed by atoms with Gasteiger partial charge in [-0.05, 0) is 45.7 Å². The van der Waals surface area contributed by atoms with Crippen LogP contribution in [0.15, 0.2) is 0 Å². The van der Waals surface area contributed by atoms with Crippen molar-refractivity contribution in [3.63, 3.8) is 0 Å². The first-order valence-electron chi connectivity index (χ1n) is 6.84. The summed E-state index contributed by atoms with van der Waals surface area (Å²) in [6.45, 7) is 7.03. The second kappa shape index (κ2) is 5.99. The molecule has 1 amide bonds. The SMILES string of the molecule is CC1(C)OCC(CNC(=O)CCC2CCNC2)O1. The van der Waals surface area contributed by atoms with E-state index in [2.05, 4.69) is 10.6 Å². The highest BCUT2D eigenvalue weighted by molar-refractivity contribution is 5.75. The predicted octanol–water partition coefficient (Wildman–Crippen LogP) is 0.644. The van der Waals surface area contributed by atoms with Gasteiger partial charge in [-0.3, -0.25) is 4.79 Å². The number of nitrogens with one attached hydrogen (secondary N) is 2. The van der Waals surface area contributed by atoms with Crippen molar-refractivity contribution in [2.45, 2.75) is 45.0 Å². The lowest BCUT2D eigenvalue weighted by molar-refractivity contribution is -0.139. The van der Waals surface area contributed by atoms with Crippen molar-refractivity contribution in [2.24, 2.45) is 5.92 Å². The lowest BCUT2D eigenvalue weighted by atomic mass is 10.0. The van der Waals surface area contributed by atoms with Crippen LogP contribution >= 0.6 is 0 Å². The Kier molecular flexibility index (Phi) is 4.59. The number of ether oxygens (including phenoxy) is 2. The molecule has 18 heavy (non-hydrogen) atoms. The lowest BCUT2D eigenvalue weighted by Crippen LogP contribution is -2.34. The van der Waals surface area contributed by atoms with Crippen molar-refractivity contribution in [2.75, 3.05) is 26.2 Å². The van der Waals surface area contributed by atoms with Gasteiger partial charge in [0.15, 0.2) is 5.79 Å². The van der Waals surface area contributed by atoms with Crippen molar-refractivity contribution in [3.8, 4) is 0 Å². The average Bonchev–Trinajstić information content (AvgIpc) is 2.93. The highest BCUT2D eigenvalue weighted by Crippen LogP contribution is 2.21. The van der Waals surface area contributed by atoms with E-state index < -0.39 is 5.79 Å². The van der Waals surface area contributed by atoms with E-state index in [1.807, 2.05) is 13.8 Å². The van der Waals surface area contributed by atoms with E-state index in [4.69, 9.17) is 9.47 Å². The third kappa shape index (κ3) is 4.23.